The monoisotopic (exact) mass is 332 g/mol. The first-order valence-corrected chi connectivity index (χ1v) is 11.3. The molecule has 0 aromatic heterocycles. The largest absolute Gasteiger partial charge is 0.327 e. The average molecular weight is 332 g/mol. The van der Waals surface area contributed by atoms with Crippen LogP contribution in [-0.2, 0) is 41.7 Å². The van der Waals surface area contributed by atoms with Gasteiger partial charge in [0.15, 0.2) is 0 Å². The van der Waals surface area contributed by atoms with Crippen LogP contribution >= 0.6 is 13.0 Å². The van der Waals surface area contributed by atoms with Gasteiger partial charge in [-0.2, -0.15) is 0 Å². The number of hydrogen-bond donors (Lipinski definition) is 0. The van der Waals surface area contributed by atoms with E-state index in [2.05, 4.69) is 0 Å². The van der Waals surface area contributed by atoms with Gasteiger partial charge in [0, 0.05) is 11.6 Å². The third-order valence-electron chi connectivity index (χ3n) is 1.67. The maximum atomic E-state index is 5.50. The molecule has 0 aromatic carbocycles. The summed E-state index contributed by atoms with van der Waals surface area (Å²) < 4.78 is 22.0. The molecule has 0 atom stereocenters. The van der Waals surface area contributed by atoms with E-state index in [4.69, 9.17) is 41.7 Å². The van der Waals surface area contributed by atoms with Gasteiger partial charge in [-0.1, -0.05) is 0 Å². The fraction of sp³-hybridized carbons (Fsp3) is 0.800. The Kier molecular flexibility index (Phi) is 10.2. The summed E-state index contributed by atoms with van der Waals surface area (Å²) in [5, 5.41) is 0. The molecule has 0 N–H and O–H groups in total. The van der Waals surface area contributed by atoms with E-state index in [0.29, 0.717) is 26.4 Å². The Morgan fingerprint density at radius 1 is 0.667 bits per heavy atom. The van der Waals surface area contributed by atoms with Crippen molar-refractivity contribution in [2.75, 3.05) is 26.4 Å². The van der Waals surface area contributed by atoms with Crippen LogP contribution in [0, 0.1) is 0 Å². The van der Waals surface area contributed by atoms with Gasteiger partial charge in [0.25, 0.3) is 0 Å². The summed E-state index contributed by atoms with van der Waals surface area (Å²) in [5.41, 5.74) is 0. The maximum Gasteiger partial charge on any atom is 0.212 e. The van der Waals surface area contributed by atoms with Crippen LogP contribution in [0.3, 0.4) is 0 Å². The molecule has 0 amide bonds. The van der Waals surface area contributed by atoms with Gasteiger partial charge in [-0.05, 0) is 51.3 Å². The van der Waals surface area contributed by atoms with Crippen molar-refractivity contribution >= 4 is 36.6 Å². The quantitative estimate of drug-likeness (QED) is 0.558. The molecular weight excluding hydrogens is 310 g/mol. The van der Waals surface area contributed by atoms with E-state index in [1.54, 1.807) is 11.6 Å². The molecule has 0 saturated heterocycles. The third kappa shape index (κ3) is 7.46. The SMILES string of the molecule is CCOP(=S)(/C=C/P(=S)(OCC)OCC)OCC. The zero-order valence-corrected chi connectivity index (χ0v) is 14.7. The second kappa shape index (κ2) is 9.73. The molecule has 0 radical (unpaired) electrons. The molecule has 0 unspecified atom stereocenters. The molecule has 0 heterocycles. The van der Waals surface area contributed by atoms with E-state index in [-0.39, 0.29) is 0 Å². The summed E-state index contributed by atoms with van der Waals surface area (Å²) in [7, 11) is 0. The predicted octanol–water partition coefficient (Wildman–Crippen LogP) is 4.22. The van der Waals surface area contributed by atoms with Crippen LogP contribution in [0.2, 0.25) is 0 Å². The Bertz CT molecular complexity index is 295. The summed E-state index contributed by atoms with van der Waals surface area (Å²) in [4.78, 5) is 0. The number of hydrogen-bond acceptors (Lipinski definition) is 6. The lowest BCUT2D eigenvalue weighted by Crippen LogP contribution is -1.95. The van der Waals surface area contributed by atoms with Gasteiger partial charge in [0.2, 0.25) is 13.0 Å². The van der Waals surface area contributed by atoms with Gasteiger partial charge in [0.05, 0.1) is 26.4 Å². The molecule has 0 aliphatic rings. The Morgan fingerprint density at radius 2 is 0.889 bits per heavy atom. The van der Waals surface area contributed by atoms with Crippen molar-refractivity contribution in [3.8, 4) is 0 Å². The average Bonchev–Trinajstić information content (AvgIpc) is 2.28. The molecule has 18 heavy (non-hydrogen) atoms. The summed E-state index contributed by atoms with van der Waals surface area (Å²) >= 11 is 10.8. The molecule has 4 nitrogen and oxygen atoms in total. The lowest BCUT2D eigenvalue weighted by atomic mass is 10.9. The lowest BCUT2D eigenvalue weighted by Gasteiger charge is -2.20. The standard InChI is InChI=1S/C10H22O4P2S2/c1-5-11-15(17,12-6-2)9-10-16(18,13-7-3)14-8-4/h9-10H,5-8H2,1-4H3/b10-9+. The molecule has 0 fully saturated rings. The molecule has 0 bridgehead atoms. The molecular formula is C10H22O4P2S2. The Labute approximate surface area is 120 Å². The summed E-state index contributed by atoms with van der Waals surface area (Å²) in [6.07, 6.45) is 0. The van der Waals surface area contributed by atoms with E-state index in [0.717, 1.165) is 0 Å². The topological polar surface area (TPSA) is 36.9 Å². The summed E-state index contributed by atoms with van der Waals surface area (Å²) in [5.74, 6) is 3.45. The highest BCUT2D eigenvalue weighted by molar-refractivity contribution is 8.13. The van der Waals surface area contributed by atoms with Crippen LogP contribution in [0.4, 0.5) is 0 Å². The van der Waals surface area contributed by atoms with Gasteiger partial charge < -0.3 is 18.1 Å². The fourth-order valence-corrected chi connectivity index (χ4v) is 6.61. The minimum absolute atomic E-state index is 0.508. The Hall–Kier alpha value is 0.880. The smallest absolute Gasteiger partial charge is 0.212 e. The van der Waals surface area contributed by atoms with Crippen molar-refractivity contribution in [2.24, 2.45) is 0 Å². The minimum Gasteiger partial charge on any atom is -0.327 e. The predicted molar refractivity (Wildman–Crippen MR) is 84.2 cm³/mol. The third-order valence-corrected chi connectivity index (χ3v) is 7.40. The first-order chi connectivity index (χ1) is 8.45. The maximum absolute atomic E-state index is 5.50. The van der Waals surface area contributed by atoms with Crippen LogP contribution in [0.15, 0.2) is 11.6 Å². The van der Waals surface area contributed by atoms with E-state index < -0.39 is 13.0 Å². The summed E-state index contributed by atoms with van der Waals surface area (Å²) in [6, 6.07) is 0. The van der Waals surface area contributed by atoms with Crippen LogP contribution < -0.4 is 0 Å². The minimum atomic E-state index is -2.41. The van der Waals surface area contributed by atoms with Crippen molar-refractivity contribution in [3.05, 3.63) is 11.6 Å². The Balaban J connectivity index is 4.91. The highest BCUT2D eigenvalue weighted by Gasteiger charge is 2.18. The van der Waals surface area contributed by atoms with E-state index >= 15 is 0 Å². The van der Waals surface area contributed by atoms with E-state index in [1.807, 2.05) is 27.7 Å². The highest BCUT2D eigenvalue weighted by atomic mass is 32.5. The van der Waals surface area contributed by atoms with Gasteiger partial charge in [-0.25, -0.2) is 0 Å². The van der Waals surface area contributed by atoms with Crippen molar-refractivity contribution in [1.29, 1.82) is 0 Å². The second-order valence-electron chi connectivity index (χ2n) is 3.05. The van der Waals surface area contributed by atoms with Crippen molar-refractivity contribution in [1.82, 2.24) is 0 Å². The zero-order valence-electron chi connectivity index (χ0n) is 11.3. The van der Waals surface area contributed by atoms with E-state index in [9.17, 15) is 0 Å². The molecule has 0 spiro atoms. The Morgan fingerprint density at radius 3 is 1.06 bits per heavy atom. The highest BCUT2D eigenvalue weighted by Crippen LogP contribution is 2.56. The molecule has 0 aromatic rings. The first-order valence-electron chi connectivity index (χ1n) is 5.93. The van der Waals surface area contributed by atoms with Crippen LogP contribution in [0.25, 0.3) is 0 Å². The van der Waals surface area contributed by atoms with Gasteiger partial charge in [0.1, 0.15) is 0 Å². The first kappa shape index (κ1) is 18.9. The van der Waals surface area contributed by atoms with Gasteiger partial charge in [-0.3, -0.25) is 0 Å². The number of rotatable bonds is 10. The molecule has 0 aliphatic carbocycles. The fourth-order valence-electron chi connectivity index (χ4n) is 1.13. The van der Waals surface area contributed by atoms with Gasteiger partial charge in [-0.15, -0.1) is 0 Å². The molecule has 0 aliphatic heterocycles. The molecule has 8 heteroatoms. The lowest BCUT2D eigenvalue weighted by molar-refractivity contribution is 0.271. The van der Waals surface area contributed by atoms with Crippen LogP contribution in [0.5, 0.6) is 0 Å². The second-order valence-corrected chi connectivity index (χ2v) is 9.89. The summed E-state index contributed by atoms with van der Waals surface area (Å²) in [6.45, 7) is 4.75. The van der Waals surface area contributed by atoms with Crippen LogP contribution in [0.1, 0.15) is 27.7 Å². The zero-order chi connectivity index (χ0) is 14.1. The van der Waals surface area contributed by atoms with E-state index in [1.165, 1.54) is 0 Å². The van der Waals surface area contributed by atoms with Gasteiger partial charge >= 0.3 is 0 Å². The van der Waals surface area contributed by atoms with Crippen molar-refractivity contribution in [2.45, 2.75) is 27.7 Å². The van der Waals surface area contributed by atoms with Crippen LogP contribution in [-0.4, -0.2) is 26.4 Å². The normalized spacial score (nSPS) is 13.3. The molecule has 108 valence electrons. The van der Waals surface area contributed by atoms with Crippen molar-refractivity contribution < 1.29 is 18.1 Å². The van der Waals surface area contributed by atoms with Crippen molar-refractivity contribution in [3.63, 3.8) is 0 Å². The molecule has 0 rings (SSSR count). The molecule has 0 saturated carbocycles.